The molecule has 1 aliphatic heterocycles. The Balaban J connectivity index is 1.63. The van der Waals surface area contributed by atoms with Crippen molar-refractivity contribution in [3.8, 4) is 17.2 Å². The molecular weight excluding hydrogens is 421 g/mol. The normalized spacial score (nSPS) is 15.4. The highest BCUT2D eigenvalue weighted by Crippen LogP contribution is 2.41. The van der Waals surface area contributed by atoms with Gasteiger partial charge in [-0.05, 0) is 42.8 Å². The fraction of sp³-hybridized carbons (Fsp3) is 0.136. The Morgan fingerprint density at radius 1 is 1.09 bits per heavy atom. The van der Waals surface area contributed by atoms with E-state index in [1.165, 1.54) is 35.1 Å². The maximum Gasteiger partial charge on any atom is 0.272 e. The van der Waals surface area contributed by atoms with Crippen molar-refractivity contribution in [1.82, 2.24) is 25.0 Å². The average Bonchev–Trinajstić information content (AvgIpc) is 3.12. The van der Waals surface area contributed by atoms with Crippen LogP contribution < -0.4 is 5.32 Å². The summed E-state index contributed by atoms with van der Waals surface area (Å²) in [4.78, 5) is 16.9. The van der Waals surface area contributed by atoms with Gasteiger partial charge in [-0.15, -0.1) is 5.10 Å². The van der Waals surface area contributed by atoms with E-state index in [2.05, 4.69) is 25.6 Å². The minimum atomic E-state index is -0.999. The van der Waals surface area contributed by atoms with Gasteiger partial charge in [0, 0.05) is 23.5 Å². The second-order valence-corrected chi connectivity index (χ2v) is 7.36. The number of benzene rings is 2. The van der Waals surface area contributed by atoms with Crippen LogP contribution in [0.5, 0.6) is 0 Å². The number of anilines is 1. The number of carbonyl (C=O) groups excluding carboxylic acids is 1. The van der Waals surface area contributed by atoms with Gasteiger partial charge in [0.15, 0.2) is 11.6 Å². The zero-order valence-electron chi connectivity index (χ0n) is 16.7. The molecule has 0 unspecified atom stereocenters. The fourth-order valence-corrected chi connectivity index (χ4v) is 3.89. The van der Waals surface area contributed by atoms with Gasteiger partial charge in [-0.25, -0.2) is 18.2 Å². The molecule has 2 aromatic heterocycles. The molecule has 1 aliphatic rings. The number of fused-ring (bicyclic) bond motifs is 1. The summed E-state index contributed by atoms with van der Waals surface area (Å²) in [6.07, 6.45) is 1.36. The van der Waals surface area contributed by atoms with Crippen molar-refractivity contribution in [3.05, 3.63) is 82.9 Å². The molecule has 7 nitrogen and oxygen atoms in total. The second-order valence-electron chi connectivity index (χ2n) is 7.36. The Hall–Kier alpha value is -4.08. The van der Waals surface area contributed by atoms with Crippen LogP contribution in [0.1, 0.15) is 29.2 Å². The highest BCUT2D eigenvalue weighted by molar-refractivity contribution is 5.95. The summed E-state index contributed by atoms with van der Waals surface area (Å²) >= 11 is 0. The maximum absolute atomic E-state index is 14.5. The number of hydrogen-bond acceptors (Lipinski definition) is 5. The van der Waals surface area contributed by atoms with Gasteiger partial charge in [0.25, 0.3) is 5.95 Å². The Morgan fingerprint density at radius 3 is 2.66 bits per heavy atom. The molecule has 1 amide bonds. The molecule has 160 valence electrons. The predicted octanol–water partition coefficient (Wildman–Crippen LogP) is 3.92. The highest BCUT2D eigenvalue weighted by Gasteiger charge is 2.35. The largest absolute Gasteiger partial charge is 0.310 e. The van der Waals surface area contributed by atoms with Gasteiger partial charge in [0.2, 0.25) is 5.91 Å². The van der Waals surface area contributed by atoms with Crippen molar-refractivity contribution in [2.45, 2.75) is 19.3 Å². The third kappa shape index (κ3) is 3.29. The molecule has 3 heterocycles. The van der Waals surface area contributed by atoms with Crippen molar-refractivity contribution >= 4 is 11.7 Å². The summed E-state index contributed by atoms with van der Waals surface area (Å²) in [5.41, 5.74) is 2.16. The zero-order valence-corrected chi connectivity index (χ0v) is 16.7. The molecule has 4 aromatic rings. The van der Waals surface area contributed by atoms with Gasteiger partial charge in [-0.1, -0.05) is 12.1 Å². The first-order valence-electron chi connectivity index (χ1n) is 9.71. The van der Waals surface area contributed by atoms with Crippen LogP contribution in [0.3, 0.4) is 0 Å². The SMILES string of the molecule is Cc1nn(-c2nncc(-c3ccc(F)cc3)n2)c2c1[C@@H](c1cccc(F)c1F)CC(=O)N2. The predicted molar refractivity (Wildman–Crippen MR) is 109 cm³/mol. The molecule has 10 heteroatoms. The Labute approximate surface area is 179 Å². The number of hydrogen-bond donors (Lipinski definition) is 1. The number of aryl methyl sites for hydroxylation is 1. The molecule has 0 aliphatic carbocycles. The lowest BCUT2D eigenvalue weighted by Gasteiger charge is -2.24. The summed E-state index contributed by atoms with van der Waals surface area (Å²) in [5.74, 6) is -3.14. The number of rotatable bonds is 3. The van der Waals surface area contributed by atoms with E-state index in [1.807, 2.05) is 0 Å². The molecule has 5 rings (SSSR count). The number of carbonyl (C=O) groups is 1. The van der Waals surface area contributed by atoms with Crippen LogP contribution >= 0.6 is 0 Å². The molecule has 0 spiro atoms. The van der Waals surface area contributed by atoms with Crippen LogP contribution in [0, 0.1) is 24.4 Å². The first-order chi connectivity index (χ1) is 15.4. The summed E-state index contributed by atoms with van der Waals surface area (Å²) < 4.78 is 43.0. The molecule has 1 N–H and O–H groups in total. The highest BCUT2D eigenvalue weighted by atomic mass is 19.2. The topological polar surface area (TPSA) is 85.6 Å². The maximum atomic E-state index is 14.5. The van der Waals surface area contributed by atoms with Gasteiger partial charge in [0.05, 0.1) is 17.6 Å². The lowest BCUT2D eigenvalue weighted by atomic mass is 9.85. The molecule has 0 saturated heterocycles. The first kappa shape index (κ1) is 19.9. The van der Waals surface area contributed by atoms with E-state index < -0.39 is 17.6 Å². The average molecular weight is 436 g/mol. The van der Waals surface area contributed by atoms with E-state index >= 15 is 0 Å². The molecule has 32 heavy (non-hydrogen) atoms. The van der Waals surface area contributed by atoms with Gasteiger partial charge >= 0.3 is 0 Å². The molecule has 1 atom stereocenters. The smallest absolute Gasteiger partial charge is 0.272 e. The van der Waals surface area contributed by atoms with Crippen LogP contribution in [-0.2, 0) is 4.79 Å². The van der Waals surface area contributed by atoms with E-state index in [9.17, 15) is 18.0 Å². The fourth-order valence-electron chi connectivity index (χ4n) is 3.89. The second kappa shape index (κ2) is 7.56. The van der Waals surface area contributed by atoms with E-state index in [1.54, 1.807) is 19.1 Å². The lowest BCUT2D eigenvalue weighted by molar-refractivity contribution is -0.116. The Kier molecular flexibility index (Phi) is 4.69. The van der Waals surface area contributed by atoms with Crippen molar-refractivity contribution < 1.29 is 18.0 Å². The van der Waals surface area contributed by atoms with Crippen molar-refractivity contribution in [2.24, 2.45) is 0 Å². The van der Waals surface area contributed by atoms with Crippen LogP contribution in [0.25, 0.3) is 17.2 Å². The molecule has 0 saturated carbocycles. The minimum Gasteiger partial charge on any atom is -0.310 e. The summed E-state index contributed by atoms with van der Waals surface area (Å²) in [6.45, 7) is 1.70. The molecule has 0 radical (unpaired) electrons. The standard InChI is InChI=1S/C22H15F3N6O/c1-11-19-15(14-3-2-4-16(24)20(14)25)9-18(32)28-21(19)31(30-11)22-27-17(10-26-29-22)12-5-7-13(23)8-6-12/h2-8,10,15H,9H2,1H3,(H,28,32)/t15-/m1/s1. The van der Waals surface area contributed by atoms with E-state index in [-0.39, 0.29) is 35.5 Å². The van der Waals surface area contributed by atoms with Crippen LogP contribution in [0.2, 0.25) is 0 Å². The third-order valence-corrected chi connectivity index (χ3v) is 5.34. The van der Waals surface area contributed by atoms with Gasteiger partial charge in [-0.3, -0.25) is 4.79 Å². The third-order valence-electron chi connectivity index (χ3n) is 5.34. The van der Waals surface area contributed by atoms with Crippen molar-refractivity contribution in [3.63, 3.8) is 0 Å². The number of aromatic nitrogens is 5. The van der Waals surface area contributed by atoms with Gasteiger partial charge in [0.1, 0.15) is 11.6 Å². The number of nitrogens with one attached hydrogen (secondary N) is 1. The monoisotopic (exact) mass is 436 g/mol. The minimum absolute atomic E-state index is 0.0609. The summed E-state index contributed by atoms with van der Waals surface area (Å²) in [7, 11) is 0. The molecule has 0 fully saturated rings. The molecule has 2 aromatic carbocycles. The van der Waals surface area contributed by atoms with Crippen LogP contribution in [0.4, 0.5) is 19.0 Å². The lowest BCUT2D eigenvalue weighted by Crippen LogP contribution is -2.26. The number of nitrogens with zero attached hydrogens (tertiary/aromatic N) is 5. The van der Waals surface area contributed by atoms with Crippen molar-refractivity contribution in [2.75, 3.05) is 5.32 Å². The quantitative estimate of drug-likeness (QED) is 0.526. The number of amides is 1. The van der Waals surface area contributed by atoms with Gasteiger partial charge < -0.3 is 5.32 Å². The zero-order chi connectivity index (χ0) is 22.4. The van der Waals surface area contributed by atoms with Crippen LogP contribution in [-0.4, -0.2) is 30.9 Å². The van der Waals surface area contributed by atoms with Crippen molar-refractivity contribution in [1.29, 1.82) is 0 Å². The Morgan fingerprint density at radius 2 is 1.88 bits per heavy atom. The van der Waals surface area contributed by atoms with E-state index in [0.717, 1.165) is 6.07 Å². The molecule has 0 bridgehead atoms. The summed E-state index contributed by atoms with van der Waals surface area (Å²) in [6, 6.07) is 9.59. The van der Waals surface area contributed by atoms with Gasteiger partial charge in [-0.2, -0.15) is 14.9 Å². The van der Waals surface area contributed by atoms with Crippen LogP contribution in [0.15, 0.2) is 48.7 Å². The summed E-state index contributed by atoms with van der Waals surface area (Å²) in [5, 5.41) is 15.1. The first-order valence-corrected chi connectivity index (χ1v) is 9.71. The Bertz CT molecular complexity index is 1350. The van der Waals surface area contributed by atoms with E-state index in [0.29, 0.717) is 22.5 Å². The van der Waals surface area contributed by atoms with E-state index in [4.69, 9.17) is 0 Å². The molecular formula is C22H15F3N6O. The number of halogens is 3.